The molecular formula is C17H19BrO. The Kier molecular flexibility index (Phi) is 3.62. The molecule has 1 fully saturated rings. The predicted molar refractivity (Wildman–Crippen MR) is 81.1 cm³/mol. The molecule has 0 spiro atoms. The van der Waals surface area contributed by atoms with Crippen molar-refractivity contribution < 1.29 is 4.79 Å². The lowest BCUT2D eigenvalue weighted by Crippen LogP contribution is -2.33. The first-order valence-corrected chi connectivity index (χ1v) is 7.96. The zero-order valence-electron chi connectivity index (χ0n) is 11.1. The Balaban J connectivity index is 1.89. The summed E-state index contributed by atoms with van der Waals surface area (Å²) in [6, 6.07) is 8.65. The van der Waals surface area contributed by atoms with Crippen LogP contribution in [-0.4, -0.2) is 5.78 Å². The van der Waals surface area contributed by atoms with Gasteiger partial charge in [-0.25, -0.2) is 0 Å². The van der Waals surface area contributed by atoms with Crippen molar-refractivity contribution >= 4 is 21.7 Å². The Bertz CT molecular complexity index is 515. The molecule has 1 atom stereocenters. The van der Waals surface area contributed by atoms with Crippen molar-refractivity contribution in [3.8, 4) is 0 Å². The number of rotatable bonds is 2. The highest BCUT2D eigenvalue weighted by atomic mass is 79.9. The molecule has 3 rings (SSSR count). The van der Waals surface area contributed by atoms with E-state index in [4.69, 9.17) is 0 Å². The highest BCUT2D eigenvalue weighted by Gasteiger charge is 2.39. The molecule has 1 nitrogen and oxygen atoms in total. The molecule has 1 unspecified atom stereocenters. The number of hydrogen-bond acceptors (Lipinski definition) is 1. The Morgan fingerprint density at radius 1 is 1.05 bits per heavy atom. The van der Waals surface area contributed by atoms with E-state index in [1.807, 2.05) is 6.08 Å². The number of carbonyl (C=O) groups excluding carboxylic acids is 1. The van der Waals surface area contributed by atoms with E-state index < -0.39 is 0 Å². The highest BCUT2D eigenvalue weighted by Crippen LogP contribution is 2.49. The topological polar surface area (TPSA) is 17.1 Å². The van der Waals surface area contributed by atoms with E-state index in [1.165, 1.54) is 30.4 Å². The van der Waals surface area contributed by atoms with Crippen molar-refractivity contribution in [1.29, 1.82) is 0 Å². The van der Waals surface area contributed by atoms with Crippen molar-refractivity contribution in [2.75, 3.05) is 0 Å². The summed E-state index contributed by atoms with van der Waals surface area (Å²) in [5.74, 6) is 0.336. The van der Waals surface area contributed by atoms with E-state index in [9.17, 15) is 4.79 Å². The fourth-order valence-electron chi connectivity index (χ4n) is 3.63. The van der Waals surface area contributed by atoms with Crippen molar-refractivity contribution in [2.45, 2.75) is 44.9 Å². The highest BCUT2D eigenvalue weighted by molar-refractivity contribution is 9.10. The van der Waals surface area contributed by atoms with Crippen molar-refractivity contribution in [3.05, 3.63) is 46.0 Å². The molecule has 1 aromatic carbocycles. The molecule has 1 saturated carbocycles. The van der Waals surface area contributed by atoms with Gasteiger partial charge in [-0.2, -0.15) is 0 Å². The van der Waals surface area contributed by atoms with E-state index in [-0.39, 0.29) is 5.41 Å². The third-order valence-corrected chi connectivity index (χ3v) is 5.20. The zero-order valence-corrected chi connectivity index (χ0v) is 12.7. The lowest BCUT2D eigenvalue weighted by atomic mass is 9.62. The summed E-state index contributed by atoms with van der Waals surface area (Å²) in [5, 5.41) is 0. The number of allylic oxidation sites excluding steroid dienone is 2. The van der Waals surface area contributed by atoms with Gasteiger partial charge in [0.1, 0.15) is 0 Å². The standard InChI is InChI=1S/C17H19BrO/c18-15-6-4-13(5-7-15)12-17-9-2-1-3-14(17)11-16(19)8-10-17/h4-7,11H,1-3,8-10,12H2. The van der Waals surface area contributed by atoms with Gasteiger partial charge in [0.05, 0.1) is 0 Å². The van der Waals surface area contributed by atoms with E-state index in [2.05, 4.69) is 40.2 Å². The van der Waals surface area contributed by atoms with Gasteiger partial charge >= 0.3 is 0 Å². The summed E-state index contributed by atoms with van der Waals surface area (Å²) in [5.41, 5.74) is 3.10. The SMILES string of the molecule is O=C1C=C2CCCCC2(Cc2ccc(Br)cc2)CC1. The van der Waals surface area contributed by atoms with Gasteiger partial charge < -0.3 is 0 Å². The monoisotopic (exact) mass is 318 g/mol. The lowest BCUT2D eigenvalue weighted by Gasteiger charge is -2.42. The second kappa shape index (κ2) is 5.24. The zero-order chi connectivity index (χ0) is 13.3. The maximum Gasteiger partial charge on any atom is 0.155 e. The molecule has 2 heteroatoms. The largest absolute Gasteiger partial charge is 0.295 e. The number of fused-ring (bicyclic) bond motifs is 1. The van der Waals surface area contributed by atoms with Gasteiger partial charge in [-0.15, -0.1) is 0 Å². The second-order valence-electron chi connectivity index (χ2n) is 5.93. The quantitative estimate of drug-likeness (QED) is 0.762. The molecule has 0 aromatic heterocycles. The molecule has 2 aliphatic rings. The van der Waals surface area contributed by atoms with E-state index >= 15 is 0 Å². The molecule has 0 heterocycles. The molecule has 2 aliphatic carbocycles. The maximum absolute atomic E-state index is 11.7. The lowest BCUT2D eigenvalue weighted by molar-refractivity contribution is -0.116. The molecule has 19 heavy (non-hydrogen) atoms. The minimum absolute atomic E-state index is 0.278. The van der Waals surface area contributed by atoms with Crippen LogP contribution >= 0.6 is 15.9 Å². The first kappa shape index (κ1) is 13.1. The summed E-state index contributed by atoms with van der Waals surface area (Å²) >= 11 is 3.49. The van der Waals surface area contributed by atoms with Crippen molar-refractivity contribution in [3.63, 3.8) is 0 Å². The molecule has 1 aromatic rings. The van der Waals surface area contributed by atoms with Gasteiger partial charge in [0.2, 0.25) is 0 Å². The third kappa shape index (κ3) is 2.69. The number of ketones is 1. The van der Waals surface area contributed by atoms with Crippen LogP contribution < -0.4 is 0 Å². The van der Waals surface area contributed by atoms with Crippen LogP contribution in [0.3, 0.4) is 0 Å². The van der Waals surface area contributed by atoms with Crippen molar-refractivity contribution in [2.24, 2.45) is 5.41 Å². The molecule has 0 aliphatic heterocycles. The normalized spacial score (nSPS) is 26.8. The van der Waals surface area contributed by atoms with Crippen LogP contribution in [0.15, 0.2) is 40.4 Å². The Hall–Kier alpha value is -0.890. The Labute approximate surface area is 123 Å². The van der Waals surface area contributed by atoms with Crippen LogP contribution in [0.1, 0.15) is 44.1 Å². The number of hydrogen-bond donors (Lipinski definition) is 0. The first-order valence-electron chi connectivity index (χ1n) is 7.16. The van der Waals surface area contributed by atoms with Crippen LogP contribution in [0.5, 0.6) is 0 Å². The summed E-state index contributed by atoms with van der Waals surface area (Å²) < 4.78 is 1.13. The van der Waals surface area contributed by atoms with Gasteiger partial charge in [0, 0.05) is 10.9 Å². The van der Waals surface area contributed by atoms with Crippen LogP contribution in [-0.2, 0) is 11.2 Å². The number of carbonyl (C=O) groups is 1. The second-order valence-corrected chi connectivity index (χ2v) is 6.84. The fraction of sp³-hybridized carbons (Fsp3) is 0.471. The molecule has 0 amide bonds. The maximum atomic E-state index is 11.7. The van der Waals surface area contributed by atoms with Crippen LogP contribution in [0.25, 0.3) is 0 Å². The van der Waals surface area contributed by atoms with Gasteiger partial charge in [0.25, 0.3) is 0 Å². The van der Waals surface area contributed by atoms with E-state index in [0.29, 0.717) is 5.78 Å². The number of benzene rings is 1. The van der Waals surface area contributed by atoms with Crippen LogP contribution in [0, 0.1) is 5.41 Å². The van der Waals surface area contributed by atoms with Crippen molar-refractivity contribution in [1.82, 2.24) is 0 Å². The first-order chi connectivity index (χ1) is 9.18. The molecule has 0 bridgehead atoms. The molecular weight excluding hydrogens is 300 g/mol. The van der Waals surface area contributed by atoms with Gasteiger partial charge in [-0.05, 0) is 61.3 Å². The predicted octanol–water partition coefficient (Wildman–Crippen LogP) is 4.84. The van der Waals surface area contributed by atoms with Gasteiger partial charge in [0.15, 0.2) is 5.78 Å². The molecule has 0 saturated heterocycles. The smallest absolute Gasteiger partial charge is 0.155 e. The Morgan fingerprint density at radius 3 is 2.63 bits per heavy atom. The average molecular weight is 319 g/mol. The van der Waals surface area contributed by atoms with Crippen LogP contribution in [0.4, 0.5) is 0 Å². The Morgan fingerprint density at radius 2 is 1.84 bits per heavy atom. The summed E-state index contributed by atoms with van der Waals surface area (Å²) in [6.45, 7) is 0. The van der Waals surface area contributed by atoms with Gasteiger partial charge in [-0.1, -0.05) is 40.1 Å². The summed E-state index contributed by atoms with van der Waals surface area (Å²) in [4.78, 5) is 11.7. The van der Waals surface area contributed by atoms with Crippen LogP contribution in [0.2, 0.25) is 0 Å². The van der Waals surface area contributed by atoms with E-state index in [0.717, 1.165) is 30.2 Å². The molecule has 0 N–H and O–H groups in total. The number of halogens is 1. The minimum Gasteiger partial charge on any atom is -0.295 e. The van der Waals surface area contributed by atoms with Gasteiger partial charge in [-0.3, -0.25) is 4.79 Å². The molecule has 0 radical (unpaired) electrons. The fourth-order valence-corrected chi connectivity index (χ4v) is 3.89. The summed E-state index contributed by atoms with van der Waals surface area (Å²) in [7, 11) is 0. The third-order valence-electron chi connectivity index (χ3n) is 4.67. The molecule has 100 valence electrons. The summed E-state index contributed by atoms with van der Waals surface area (Å²) in [6.07, 6.45) is 9.78. The average Bonchev–Trinajstić information content (AvgIpc) is 2.42. The van der Waals surface area contributed by atoms with E-state index in [1.54, 1.807) is 0 Å². The minimum atomic E-state index is 0.278.